The molecular weight excluding hydrogens is 292 g/mol. The van der Waals surface area contributed by atoms with Gasteiger partial charge in [-0.3, -0.25) is 0 Å². The number of anilines is 2. The van der Waals surface area contributed by atoms with Gasteiger partial charge in [0.1, 0.15) is 5.75 Å². The highest BCUT2D eigenvalue weighted by atomic mass is 35.5. The lowest BCUT2D eigenvalue weighted by atomic mass is 10.2. The van der Waals surface area contributed by atoms with E-state index in [4.69, 9.17) is 16.3 Å². The summed E-state index contributed by atoms with van der Waals surface area (Å²) in [7, 11) is 1.63. The standard InChI is InChI=1S/C15H13ClN2OS/c1-9-3-6-12-14(7-9)20-15(17-12)18-13-8-10(19-2)4-5-11(13)16/h3-8H,1-2H3,(H,17,18). The third-order valence-corrected chi connectivity index (χ3v) is 4.22. The van der Waals surface area contributed by atoms with Gasteiger partial charge in [0.2, 0.25) is 0 Å². The minimum Gasteiger partial charge on any atom is -0.497 e. The molecule has 0 saturated heterocycles. The molecule has 3 rings (SSSR count). The van der Waals surface area contributed by atoms with Crippen molar-refractivity contribution in [2.45, 2.75) is 6.92 Å². The van der Waals surface area contributed by atoms with Gasteiger partial charge in [-0.1, -0.05) is 29.0 Å². The molecule has 0 aliphatic heterocycles. The average Bonchev–Trinajstić information content (AvgIpc) is 2.82. The molecule has 1 aromatic heterocycles. The first kappa shape index (κ1) is 13.2. The maximum atomic E-state index is 6.19. The summed E-state index contributed by atoms with van der Waals surface area (Å²) in [4.78, 5) is 4.55. The van der Waals surface area contributed by atoms with Gasteiger partial charge in [-0.2, -0.15) is 0 Å². The molecule has 1 N–H and O–H groups in total. The molecule has 0 radical (unpaired) electrons. The summed E-state index contributed by atoms with van der Waals surface area (Å²) in [5.41, 5.74) is 3.01. The van der Waals surface area contributed by atoms with E-state index in [1.165, 1.54) is 5.56 Å². The Kier molecular flexibility index (Phi) is 3.51. The van der Waals surface area contributed by atoms with Crippen molar-refractivity contribution >= 4 is 44.0 Å². The number of aromatic nitrogens is 1. The molecule has 0 aliphatic carbocycles. The lowest BCUT2D eigenvalue weighted by Crippen LogP contribution is -1.91. The van der Waals surface area contributed by atoms with E-state index >= 15 is 0 Å². The van der Waals surface area contributed by atoms with E-state index in [1.807, 2.05) is 18.2 Å². The van der Waals surface area contributed by atoms with Crippen LogP contribution in [0.15, 0.2) is 36.4 Å². The van der Waals surface area contributed by atoms with E-state index in [0.29, 0.717) is 5.02 Å². The second-order valence-corrected chi connectivity index (χ2v) is 5.90. The Morgan fingerprint density at radius 3 is 2.85 bits per heavy atom. The first-order valence-corrected chi connectivity index (χ1v) is 7.33. The number of fused-ring (bicyclic) bond motifs is 1. The number of hydrogen-bond donors (Lipinski definition) is 1. The molecule has 0 fully saturated rings. The van der Waals surface area contributed by atoms with Crippen molar-refractivity contribution in [3.63, 3.8) is 0 Å². The molecule has 0 saturated carbocycles. The summed E-state index contributed by atoms with van der Waals surface area (Å²) in [6.45, 7) is 2.07. The van der Waals surface area contributed by atoms with Crippen LogP contribution in [0.4, 0.5) is 10.8 Å². The van der Waals surface area contributed by atoms with Crippen LogP contribution >= 0.6 is 22.9 Å². The molecule has 102 valence electrons. The summed E-state index contributed by atoms with van der Waals surface area (Å²) >= 11 is 7.79. The van der Waals surface area contributed by atoms with Crippen LogP contribution in [-0.4, -0.2) is 12.1 Å². The minimum absolute atomic E-state index is 0.640. The van der Waals surface area contributed by atoms with Crippen LogP contribution in [0.3, 0.4) is 0 Å². The Balaban J connectivity index is 1.96. The number of hydrogen-bond acceptors (Lipinski definition) is 4. The third kappa shape index (κ3) is 2.57. The Labute approximate surface area is 126 Å². The van der Waals surface area contributed by atoms with Crippen molar-refractivity contribution < 1.29 is 4.74 Å². The van der Waals surface area contributed by atoms with Crippen LogP contribution in [-0.2, 0) is 0 Å². The van der Waals surface area contributed by atoms with E-state index in [2.05, 4.69) is 29.4 Å². The maximum Gasteiger partial charge on any atom is 0.188 e. The van der Waals surface area contributed by atoms with Gasteiger partial charge in [-0.25, -0.2) is 4.98 Å². The molecule has 1 heterocycles. The fourth-order valence-electron chi connectivity index (χ4n) is 1.93. The highest BCUT2D eigenvalue weighted by Crippen LogP contribution is 2.33. The molecule has 3 nitrogen and oxygen atoms in total. The monoisotopic (exact) mass is 304 g/mol. The van der Waals surface area contributed by atoms with Crippen molar-refractivity contribution in [2.24, 2.45) is 0 Å². The lowest BCUT2D eigenvalue weighted by molar-refractivity contribution is 0.415. The Hall–Kier alpha value is -1.78. The Bertz CT molecular complexity index is 770. The Morgan fingerprint density at radius 2 is 2.05 bits per heavy atom. The molecule has 5 heteroatoms. The summed E-state index contributed by atoms with van der Waals surface area (Å²) in [5, 5.41) is 4.71. The lowest BCUT2D eigenvalue weighted by Gasteiger charge is -2.07. The molecule has 20 heavy (non-hydrogen) atoms. The van der Waals surface area contributed by atoms with E-state index in [0.717, 1.165) is 26.8 Å². The number of methoxy groups -OCH3 is 1. The van der Waals surface area contributed by atoms with Crippen LogP contribution in [0, 0.1) is 6.92 Å². The first-order valence-electron chi connectivity index (χ1n) is 6.13. The zero-order chi connectivity index (χ0) is 14.1. The number of nitrogens with one attached hydrogen (secondary N) is 1. The molecule has 0 spiro atoms. The molecule has 0 unspecified atom stereocenters. The highest BCUT2D eigenvalue weighted by molar-refractivity contribution is 7.22. The van der Waals surface area contributed by atoms with Crippen LogP contribution in [0.25, 0.3) is 10.2 Å². The Morgan fingerprint density at radius 1 is 1.20 bits per heavy atom. The molecule has 2 aromatic carbocycles. The first-order chi connectivity index (χ1) is 9.65. The van der Waals surface area contributed by atoms with Crippen molar-refractivity contribution in [2.75, 3.05) is 12.4 Å². The third-order valence-electron chi connectivity index (χ3n) is 2.96. The fourth-order valence-corrected chi connectivity index (χ4v) is 3.07. The second-order valence-electron chi connectivity index (χ2n) is 4.46. The van der Waals surface area contributed by atoms with Crippen LogP contribution < -0.4 is 10.1 Å². The van der Waals surface area contributed by atoms with Crippen molar-refractivity contribution in [3.05, 3.63) is 47.0 Å². The van der Waals surface area contributed by atoms with Gasteiger partial charge in [0.05, 0.1) is 28.0 Å². The molecule has 0 amide bonds. The zero-order valence-electron chi connectivity index (χ0n) is 11.1. The van der Waals surface area contributed by atoms with Crippen LogP contribution in [0.5, 0.6) is 5.75 Å². The topological polar surface area (TPSA) is 34.1 Å². The van der Waals surface area contributed by atoms with Crippen molar-refractivity contribution in [3.8, 4) is 5.75 Å². The van der Waals surface area contributed by atoms with Crippen molar-refractivity contribution in [1.29, 1.82) is 0 Å². The summed E-state index contributed by atoms with van der Waals surface area (Å²) < 4.78 is 6.37. The molecular formula is C15H13ClN2OS. The normalized spacial score (nSPS) is 10.8. The predicted molar refractivity (Wildman–Crippen MR) is 85.6 cm³/mol. The second kappa shape index (κ2) is 5.31. The predicted octanol–water partition coefficient (Wildman–Crippen LogP) is 5.01. The van der Waals surface area contributed by atoms with Crippen molar-refractivity contribution in [1.82, 2.24) is 4.98 Å². The largest absolute Gasteiger partial charge is 0.497 e. The fraction of sp³-hybridized carbons (Fsp3) is 0.133. The van der Waals surface area contributed by atoms with Crippen LogP contribution in [0.2, 0.25) is 5.02 Å². The van der Waals surface area contributed by atoms with E-state index < -0.39 is 0 Å². The van der Waals surface area contributed by atoms with Gasteiger partial charge in [-0.15, -0.1) is 0 Å². The van der Waals surface area contributed by atoms with Gasteiger partial charge in [0.15, 0.2) is 5.13 Å². The molecule has 0 aliphatic rings. The van der Waals surface area contributed by atoms with E-state index in [1.54, 1.807) is 24.5 Å². The smallest absolute Gasteiger partial charge is 0.188 e. The van der Waals surface area contributed by atoms with Gasteiger partial charge < -0.3 is 10.1 Å². The minimum atomic E-state index is 0.640. The van der Waals surface area contributed by atoms with Gasteiger partial charge in [0.25, 0.3) is 0 Å². The van der Waals surface area contributed by atoms with Crippen LogP contribution in [0.1, 0.15) is 5.56 Å². The number of nitrogens with zero attached hydrogens (tertiary/aromatic N) is 1. The number of thiazole rings is 1. The number of benzene rings is 2. The SMILES string of the molecule is COc1ccc(Cl)c(Nc2nc3ccc(C)cc3s2)c1. The quantitative estimate of drug-likeness (QED) is 0.738. The summed E-state index contributed by atoms with van der Waals surface area (Å²) in [6.07, 6.45) is 0. The number of aryl methyl sites for hydroxylation is 1. The zero-order valence-corrected chi connectivity index (χ0v) is 12.7. The van der Waals surface area contributed by atoms with E-state index in [9.17, 15) is 0 Å². The van der Waals surface area contributed by atoms with Gasteiger partial charge in [-0.05, 0) is 36.8 Å². The number of rotatable bonds is 3. The average molecular weight is 305 g/mol. The highest BCUT2D eigenvalue weighted by Gasteiger charge is 2.07. The molecule has 0 bridgehead atoms. The molecule has 0 atom stereocenters. The van der Waals surface area contributed by atoms with E-state index in [-0.39, 0.29) is 0 Å². The van der Waals surface area contributed by atoms with Gasteiger partial charge in [0, 0.05) is 6.07 Å². The number of ether oxygens (including phenoxy) is 1. The summed E-state index contributed by atoms with van der Waals surface area (Å²) in [5.74, 6) is 0.758. The van der Waals surface area contributed by atoms with Gasteiger partial charge >= 0.3 is 0 Å². The number of halogens is 1. The molecule has 3 aromatic rings. The maximum absolute atomic E-state index is 6.19. The summed E-state index contributed by atoms with van der Waals surface area (Å²) in [6, 6.07) is 11.7.